The van der Waals surface area contributed by atoms with Crippen molar-refractivity contribution in [3.05, 3.63) is 58.9 Å². The third-order valence-corrected chi connectivity index (χ3v) is 5.95. The monoisotopic (exact) mass is 388 g/mol. The van der Waals surface area contributed by atoms with Gasteiger partial charge >= 0.3 is 0 Å². The average Bonchev–Trinajstić information content (AvgIpc) is 2.71. The molecule has 1 aromatic carbocycles. The number of piperidine rings is 1. The Labute approximate surface area is 172 Å². The first kappa shape index (κ1) is 19.4. The summed E-state index contributed by atoms with van der Waals surface area (Å²) in [6.45, 7) is 9.99. The Morgan fingerprint density at radius 1 is 1.07 bits per heavy atom. The van der Waals surface area contributed by atoms with Crippen LogP contribution >= 0.6 is 0 Å². The summed E-state index contributed by atoms with van der Waals surface area (Å²) in [5.41, 5.74) is 6.37. The molecule has 0 atom stereocenters. The zero-order valence-electron chi connectivity index (χ0n) is 17.6. The lowest BCUT2D eigenvalue weighted by Gasteiger charge is -2.31. The third-order valence-electron chi connectivity index (χ3n) is 5.95. The van der Waals surface area contributed by atoms with Gasteiger partial charge in [-0.3, -0.25) is 4.79 Å². The fraction of sp³-hybridized carbons (Fsp3) is 0.375. The second kappa shape index (κ2) is 7.82. The van der Waals surface area contributed by atoms with E-state index in [1.807, 2.05) is 30.0 Å². The summed E-state index contributed by atoms with van der Waals surface area (Å²) in [4.78, 5) is 24.4. The van der Waals surface area contributed by atoms with E-state index >= 15 is 0 Å². The highest BCUT2D eigenvalue weighted by Crippen LogP contribution is 2.31. The van der Waals surface area contributed by atoms with E-state index in [0.29, 0.717) is 17.1 Å². The van der Waals surface area contributed by atoms with E-state index < -0.39 is 0 Å². The molecular formula is C24H28N4O. The Morgan fingerprint density at radius 3 is 2.55 bits per heavy atom. The number of carbonyl (C=O) groups is 1. The van der Waals surface area contributed by atoms with E-state index in [1.165, 1.54) is 11.1 Å². The number of aromatic nitrogens is 2. The van der Waals surface area contributed by atoms with Crippen molar-refractivity contribution in [3.8, 4) is 0 Å². The van der Waals surface area contributed by atoms with Gasteiger partial charge in [-0.25, -0.2) is 9.97 Å². The molecule has 1 aliphatic heterocycles. The van der Waals surface area contributed by atoms with Crippen LogP contribution in [-0.2, 0) is 0 Å². The molecule has 0 bridgehead atoms. The van der Waals surface area contributed by atoms with Crippen LogP contribution < -0.4 is 5.32 Å². The first-order valence-corrected chi connectivity index (χ1v) is 10.3. The maximum absolute atomic E-state index is 13.4. The van der Waals surface area contributed by atoms with Crippen LogP contribution in [0.5, 0.6) is 0 Å². The summed E-state index contributed by atoms with van der Waals surface area (Å²) in [5.74, 6) is 0.715. The van der Waals surface area contributed by atoms with Gasteiger partial charge in [0.1, 0.15) is 0 Å². The van der Waals surface area contributed by atoms with Crippen LogP contribution in [0.15, 0.2) is 36.5 Å². The van der Waals surface area contributed by atoms with Crippen molar-refractivity contribution in [1.82, 2.24) is 14.9 Å². The zero-order chi connectivity index (χ0) is 20.5. The SMILES string of the molecule is Cc1ccc2c(Nc3ccc(C)c(C)c3)c(C(=O)N3CCC(C)CC3)cnc2n1. The van der Waals surface area contributed by atoms with Crippen LogP contribution in [0.2, 0.25) is 0 Å². The fourth-order valence-corrected chi connectivity index (χ4v) is 3.81. The number of rotatable bonds is 3. The van der Waals surface area contributed by atoms with Crippen molar-refractivity contribution in [3.63, 3.8) is 0 Å². The molecule has 29 heavy (non-hydrogen) atoms. The number of nitrogens with one attached hydrogen (secondary N) is 1. The van der Waals surface area contributed by atoms with Crippen molar-refractivity contribution in [2.24, 2.45) is 5.92 Å². The largest absolute Gasteiger partial charge is 0.354 e. The normalized spacial score (nSPS) is 15.0. The molecule has 0 aliphatic carbocycles. The summed E-state index contributed by atoms with van der Waals surface area (Å²) < 4.78 is 0. The summed E-state index contributed by atoms with van der Waals surface area (Å²) in [5, 5.41) is 4.37. The molecule has 1 aliphatic rings. The first-order chi connectivity index (χ1) is 13.9. The smallest absolute Gasteiger partial charge is 0.257 e. The van der Waals surface area contributed by atoms with Crippen molar-refractivity contribution in [2.75, 3.05) is 18.4 Å². The van der Waals surface area contributed by atoms with Crippen molar-refractivity contribution in [1.29, 1.82) is 0 Å². The highest BCUT2D eigenvalue weighted by molar-refractivity contribution is 6.07. The molecular weight excluding hydrogens is 360 g/mol. The molecule has 5 nitrogen and oxygen atoms in total. The predicted molar refractivity (Wildman–Crippen MR) is 118 cm³/mol. The average molecular weight is 389 g/mol. The Morgan fingerprint density at radius 2 is 1.83 bits per heavy atom. The lowest BCUT2D eigenvalue weighted by atomic mass is 9.98. The molecule has 1 fully saturated rings. The number of aryl methyl sites for hydroxylation is 3. The highest BCUT2D eigenvalue weighted by atomic mass is 16.2. The minimum atomic E-state index is 0.0400. The van der Waals surface area contributed by atoms with Crippen molar-refractivity contribution in [2.45, 2.75) is 40.5 Å². The van der Waals surface area contributed by atoms with Crippen LogP contribution in [0.25, 0.3) is 11.0 Å². The quantitative estimate of drug-likeness (QED) is 0.672. The summed E-state index contributed by atoms with van der Waals surface area (Å²) in [6, 6.07) is 10.2. The van der Waals surface area contributed by atoms with E-state index in [0.717, 1.165) is 48.4 Å². The van der Waals surface area contributed by atoms with Crippen LogP contribution in [0.4, 0.5) is 11.4 Å². The van der Waals surface area contributed by atoms with Crippen molar-refractivity contribution < 1.29 is 4.79 Å². The Balaban J connectivity index is 1.78. The van der Waals surface area contributed by atoms with Gasteiger partial charge in [-0.05, 0) is 74.9 Å². The van der Waals surface area contributed by atoms with Crippen LogP contribution in [0.3, 0.4) is 0 Å². The molecule has 0 spiro atoms. The minimum absolute atomic E-state index is 0.0400. The number of hydrogen-bond acceptors (Lipinski definition) is 4. The van der Waals surface area contributed by atoms with Gasteiger partial charge < -0.3 is 10.2 Å². The predicted octanol–water partition coefficient (Wildman–Crippen LogP) is 5.17. The van der Waals surface area contributed by atoms with Gasteiger partial charge in [0.15, 0.2) is 5.65 Å². The molecule has 0 radical (unpaired) electrons. The first-order valence-electron chi connectivity index (χ1n) is 10.3. The van der Waals surface area contributed by atoms with Crippen LogP contribution in [0.1, 0.15) is 46.9 Å². The molecule has 3 heterocycles. The van der Waals surface area contributed by atoms with Gasteiger partial charge in [0.05, 0.1) is 11.3 Å². The number of fused-ring (bicyclic) bond motifs is 1. The summed E-state index contributed by atoms with van der Waals surface area (Å²) >= 11 is 0. The summed E-state index contributed by atoms with van der Waals surface area (Å²) in [7, 11) is 0. The van der Waals surface area contributed by atoms with E-state index in [2.05, 4.69) is 48.2 Å². The number of carbonyl (C=O) groups excluding carboxylic acids is 1. The molecule has 1 saturated heterocycles. The molecule has 5 heteroatoms. The molecule has 150 valence electrons. The van der Waals surface area contributed by atoms with Gasteiger partial charge in [0, 0.05) is 36.1 Å². The van der Waals surface area contributed by atoms with Crippen LogP contribution in [0, 0.1) is 26.7 Å². The Kier molecular flexibility index (Phi) is 5.22. The Hall–Kier alpha value is -2.95. The standard InChI is InChI=1S/C24H28N4O/c1-15-9-11-28(12-10-15)24(29)21-14-25-23-20(8-6-18(4)26-23)22(21)27-19-7-5-16(2)17(3)13-19/h5-8,13-15H,9-12H2,1-4H3,(H,25,26,27). The number of benzene rings is 1. The van der Waals surface area contributed by atoms with Gasteiger partial charge in [-0.1, -0.05) is 13.0 Å². The molecule has 3 aromatic rings. The molecule has 1 amide bonds. The highest BCUT2D eigenvalue weighted by Gasteiger charge is 2.25. The maximum Gasteiger partial charge on any atom is 0.257 e. The lowest BCUT2D eigenvalue weighted by Crippen LogP contribution is -2.38. The number of anilines is 2. The molecule has 0 saturated carbocycles. The van der Waals surface area contributed by atoms with E-state index in [1.54, 1.807) is 6.20 Å². The fourth-order valence-electron chi connectivity index (χ4n) is 3.81. The second-order valence-corrected chi connectivity index (χ2v) is 8.27. The topological polar surface area (TPSA) is 58.1 Å². The van der Waals surface area contributed by atoms with Gasteiger partial charge in [-0.2, -0.15) is 0 Å². The van der Waals surface area contributed by atoms with Gasteiger partial charge in [0.2, 0.25) is 0 Å². The molecule has 4 rings (SSSR count). The van der Waals surface area contributed by atoms with Crippen LogP contribution in [-0.4, -0.2) is 33.9 Å². The second-order valence-electron chi connectivity index (χ2n) is 8.27. The number of likely N-dealkylation sites (tertiary alicyclic amines) is 1. The minimum Gasteiger partial charge on any atom is -0.354 e. The number of pyridine rings is 2. The van der Waals surface area contributed by atoms with Gasteiger partial charge in [0.25, 0.3) is 5.91 Å². The number of nitrogens with zero attached hydrogens (tertiary/aromatic N) is 3. The third kappa shape index (κ3) is 3.95. The van der Waals surface area contributed by atoms with Crippen molar-refractivity contribution >= 4 is 28.3 Å². The Bertz CT molecular complexity index is 1070. The van der Waals surface area contributed by atoms with E-state index in [4.69, 9.17) is 0 Å². The molecule has 0 unspecified atom stereocenters. The molecule has 2 aromatic heterocycles. The number of hydrogen-bond donors (Lipinski definition) is 1. The zero-order valence-corrected chi connectivity index (χ0v) is 17.6. The maximum atomic E-state index is 13.4. The van der Waals surface area contributed by atoms with Gasteiger partial charge in [-0.15, -0.1) is 0 Å². The van der Waals surface area contributed by atoms with E-state index in [9.17, 15) is 4.79 Å². The summed E-state index contributed by atoms with van der Waals surface area (Å²) in [6.07, 6.45) is 3.78. The molecule has 1 N–H and O–H groups in total. The lowest BCUT2D eigenvalue weighted by molar-refractivity contribution is 0.0698. The van der Waals surface area contributed by atoms with E-state index in [-0.39, 0.29) is 5.91 Å². The number of amides is 1.